The van der Waals surface area contributed by atoms with Crippen LogP contribution >= 0.6 is 0 Å². The molecule has 0 saturated heterocycles. The van der Waals surface area contributed by atoms with Crippen molar-refractivity contribution in [3.63, 3.8) is 0 Å². The average molecular weight is 486 g/mol. The van der Waals surface area contributed by atoms with Crippen LogP contribution in [0.3, 0.4) is 0 Å². The Bertz CT molecular complexity index is 1610. The highest BCUT2D eigenvalue weighted by atomic mass is 19.2. The average Bonchev–Trinajstić information content (AvgIpc) is 2.87. The lowest BCUT2D eigenvalue weighted by atomic mass is 10.2. The molecule has 3 aromatic carbocycles. The van der Waals surface area contributed by atoms with E-state index >= 15 is 0 Å². The summed E-state index contributed by atoms with van der Waals surface area (Å²) in [6.07, 6.45) is 3.31. The van der Waals surface area contributed by atoms with Gasteiger partial charge in [-0.2, -0.15) is 4.39 Å². The van der Waals surface area contributed by atoms with Gasteiger partial charge in [0, 0.05) is 46.9 Å². The molecule has 2 heterocycles. The number of hydrogen-bond acceptors (Lipinski definition) is 5. The zero-order valence-electron chi connectivity index (χ0n) is 18.8. The third-order valence-electron chi connectivity index (χ3n) is 5.29. The summed E-state index contributed by atoms with van der Waals surface area (Å²) in [6, 6.07) is 15.4. The zero-order chi connectivity index (χ0) is 25.2. The van der Waals surface area contributed by atoms with Gasteiger partial charge in [0.05, 0.1) is 22.9 Å². The molecule has 0 saturated carbocycles. The molecule has 0 bridgehead atoms. The minimum Gasteiger partial charge on any atom is -0.454 e. The van der Waals surface area contributed by atoms with Crippen molar-refractivity contribution in [2.45, 2.75) is 6.92 Å². The number of amides is 1. The largest absolute Gasteiger partial charge is 0.454 e. The van der Waals surface area contributed by atoms with E-state index in [9.17, 15) is 18.0 Å². The van der Waals surface area contributed by atoms with Crippen molar-refractivity contribution in [1.29, 1.82) is 0 Å². The van der Waals surface area contributed by atoms with Crippen LogP contribution in [-0.4, -0.2) is 20.9 Å². The van der Waals surface area contributed by atoms with E-state index in [0.717, 1.165) is 29.5 Å². The van der Waals surface area contributed by atoms with Crippen molar-refractivity contribution in [1.82, 2.24) is 15.0 Å². The van der Waals surface area contributed by atoms with Gasteiger partial charge in [0.25, 0.3) is 5.91 Å². The van der Waals surface area contributed by atoms with Crippen LogP contribution in [0.2, 0.25) is 0 Å². The Morgan fingerprint density at radius 1 is 0.889 bits per heavy atom. The lowest BCUT2D eigenvalue weighted by Gasteiger charge is -2.12. The fourth-order valence-electron chi connectivity index (χ4n) is 3.48. The quantitative estimate of drug-likeness (QED) is 0.308. The highest BCUT2D eigenvalue weighted by molar-refractivity contribution is 6.04. The Balaban J connectivity index is 1.43. The number of anilines is 1. The SMILES string of the molecule is Cc1ccc(-c2cnc3ccc(Oc4cc(NC(=O)c5cccc(F)c5)cc(F)c4F)cc3n2)cn1. The lowest BCUT2D eigenvalue weighted by molar-refractivity contribution is 0.102. The Morgan fingerprint density at radius 2 is 1.75 bits per heavy atom. The first-order valence-corrected chi connectivity index (χ1v) is 10.8. The molecule has 5 rings (SSSR count). The number of ether oxygens (including phenoxy) is 1. The summed E-state index contributed by atoms with van der Waals surface area (Å²) < 4.78 is 47.8. The molecule has 0 unspecified atom stereocenters. The molecule has 1 amide bonds. The minimum atomic E-state index is -1.23. The van der Waals surface area contributed by atoms with E-state index in [1.165, 1.54) is 18.2 Å². The Hall–Kier alpha value is -4.79. The molecule has 6 nitrogen and oxygen atoms in total. The summed E-state index contributed by atoms with van der Waals surface area (Å²) in [7, 11) is 0. The molecule has 2 aromatic heterocycles. The van der Waals surface area contributed by atoms with Gasteiger partial charge >= 0.3 is 0 Å². The highest BCUT2D eigenvalue weighted by Gasteiger charge is 2.16. The van der Waals surface area contributed by atoms with Crippen molar-refractivity contribution in [2.75, 3.05) is 5.32 Å². The number of pyridine rings is 1. The molecule has 0 spiro atoms. The summed E-state index contributed by atoms with van der Waals surface area (Å²) in [5, 5.41) is 2.42. The van der Waals surface area contributed by atoms with E-state index in [1.807, 2.05) is 19.1 Å². The smallest absolute Gasteiger partial charge is 0.255 e. The predicted octanol–water partition coefficient (Wildman–Crippen LogP) is 6.46. The van der Waals surface area contributed by atoms with Crippen LogP contribution in [0.1, 0.15) is 16.1 Å². The number of carbonyl (C=O) groups excluding carboxylic acids is 1. The maximum absolute atomic E-state index is 14.5. The minimum absolute atomic E-state index is 0.0230. The van der Waals surface area contributed by atoms with Crippen molar-refractivity contribution >= 4 is 22.6 Å². The van der Waals surface area contributed by atoms with E-state index in [4.69, 9.17) is 4.74 Å². The van der Waals surface area contributed by atoms with Crippen LogP contribution in [-0.2, 0) is 0 Å². The number of nitrogens with zero attached hydrogens (tertiary/aromatic N) is 3. The van der Waals surface area contributed by atoms with Gasteiger partial charge in [-0.05, 0) is 49.4 Å². The topological polar surface area (TPSA) is 77.0 Å². The maximum Gasteiger partial charge on any atom is 0.255 e. The second-order valence-corrected chi connectivity index (χ2v) is 7.93. The number of aromatic nitrogens is 3. The van der Waals surface area contributed by atoms with Gasteiger partial charge in [0.1, 0.15) is 11.6 Å². The lowest BCUT2D eigenvalue weighted by Crippen LogP contribution is -2.12. The summed E-state index contributed by atoms with van der Waals surface area (Å²) >= 11 is 0. The van der Waals surface area contributed by atoms with Crippen LogP contribution in [0.5, 0.6) is 11.5 Å². The number of halogens is 3. The summed E-state index contributed by atoms with van der Waals surface area (Å²) in [5.74, 6) is -4.01. The number of fused-ring (bicyclic) bond motifs is 1. The Labute approximate surface area is 203 Å². The Morgan fingerprint density at radius 3 is 2.53 bits per heavy atom. The van der Waals surface area contributed by atoms with Crippen molar-refractivity contribution in [3.8, 4) is 22.8 Å². The van der Waals surface area contributed by atoms with E-state index in [1.54, 1.807) is 30.6 Å². The van der Waals surface area contributed by atoms with E-state index in [0.29, 0.717) is 16.7 Å². The second-order valence-electron chi connectivity index (χ2n) is 7.93. The van der Waals surface area contributed by atoms with Gasteiger partial charge in [0.2, 0.25) is 5.82 Å². The van der Waals surface area contributed by atoms with Crippen LogP contribution in [0.25, 0.3) is 22.3 Å². The van der Waals surface area contributed by atoms with Gasteiger partial charge in [-0.15, -0.1) is 0 Å². The molecule has 36 heavy (non-hydrogen) atoms. The normalized spacial score (nSPS) is 10.9. The molecular weight excluding hydrogens is 469 g/mol. The number of nitrogens with one attached hydrogen (secondary N) is 1. The number of carbonyl (C=O) groups is 1. The van der Waals surface area contributed by atoms with Crippen LogP contribution in [0, 0.1) is 24.4 Å². The predicted molar refractivity (Wildman–Crippen MR) is 128 cm³/mol. The number of hydrogen-bond donors (Lipinski definition) is 1. The number of benzene rings is 3. The first-order valence-electron chi connectivity index (χ1n) is 10.8. The van der Waals surface area contributed by atoms with Crippen molar-refractivity contribution < 1.29 is 22.7 Å². The van der Waals surface area contributed by atoms with E-state index < -0.39 is 29.1 Å². The molecule has 0 aliphatic heterocycles. The molecule has 9 heteroatoms. The molecule has 0 radical (unpaired) electrons. The summed E-state index contributed by atoms with van der Waals surface area (Å²) in [5.41, 5.74) is 3.24. The van der Waals surface area contributed by atoms with E-state index in [-0.39, 0.29) is 17.0 Å². The van der Waals surface area contributed by atoms with Gasteiger partial charge in [-0.3, -0.25) is 14.8 Å². The molecule has 5 aromatic rings. The third-order valence-corrected chi connectivity index (χ3v) is 5.29. The van der Waals surface area contributed by atoms with Gasteiger partial charge in [-0.25, -0.2) is 13.8 Å². The summed E-state index contributed by atoms with van der Waals surface area (Å²) in [4.78, 5) is 25.6. The highest BCUT2D eigenvalue weighted by Crippen LogP contribution is 2.31. The molecule has 0 aliphatic carbocycles. The molecule has 178 valence electrons. The monoisotopic (exact) mass is 486 g/mol. The van der Waals surface area contributed by atoms with E-state index in [2.05, 4.69) is 20.3 Å². The standard InChI is InChI=1S/C27H17F3N4O2/c1-15-5-6-17(13-31-15)24-14-32-22-8-7-20(12-23(22)34-24)36-25-11-19(10-21(29)26(25)30)33-27(35)16-3-2-4-18(28)9-16/h2-14H,1H3,(H,33,35). The molecule has 0 fully saturated rings. The maximum atomic E-state index is 14.5. The summed E-state index contributed by atoms with van der Waals surface area (Å²) in [6.45, 7) is 1.88. The molecule has 0 aliphatic rings. The fourth-order valence-corrected chi connectivity index (χ4v) is 3.48. The molecular formula is C27H17F3N4O2. The second kappa shape index (κ2) is 9.46. The number of aryl methyl sites for hydroxylation is 1. The van der Waals surface area contributed by atoms with Gasteiger partial charge in [0.15, 0.2) is 11.6 Å². The molecule has 1 N–H and O–H groups in total. The third kappa shape index (κ3) is 4.85. The van der Waals surface area contributed by atoms with Crippen molar-refractivity contribution in [3.05, 3.63) is 108 Å². The number of rotatable bonds is 5. The van der Waals surface area contributed by atoms with Crippen LogP contribution in [0.4, 0.5) is 18.9 Å². The van der Waals surface area contributed by atoms with Crippen LogP contribution in [0.15, 0.2) is 79.1 Å². The van der Waals surface area contributed by atoms with Gasteiger partial charge in [-0.1, -0.05) is 6.07 Å². The Kier molecular flexibility index (Phi) is 6.03. The van der Waals surface area contributed by atoms with Gasteiger partial charge < -0.3 is 10.1 Å². The fraction of sp³-hybridized carbons (Fsp3) is 0.0370. The van der Waals surface area contributed by atoms with Crippen LogP contribution < -0.4 is 10.1 Å². The molecule has 0 atom stereocenters. The van der Waals surface area contributed by atoms with Crippen molar-refractivity contribution in [2.24, 2.45) is 0 Å². The first kappa shape index (κ1) is 23.0. The zero-order valence-corrected chi connectivity index (χ0v) is 18.8. The first-order chi connectivity index (χ1) is 17.4.